The van der Waals surface area contributed by atoms with Gasteiger partial charge in [-0.15, -0.1) is 0 Å². The molecule has 0 spiro atoms. The molecule has 34 heavy (non-hydrogen) atoms. The Morgan fingerprint density at radius 3 is 2.41 bits per heavy atom. The van der Waals surface area contributed by atoms with Gasteiger partial charge in [0.1, 0.15) is 5.75 Å². The van der Waals surface area contributed by atoms with E-state index in [0.717, 1.165) is 22.4 Å². The van der Waals surface area contributed by atoms with E-state index in [9.17, 15) is 18.0 Å². The molecule has 1 N–H and O–H groups in total. The van der Waals surface area contributed by atoms with Crippen LogP contribution in [0.25, 0.3) is 10.8 Å². The first kappa shape index (κ1) is 21.8. The van der Waals surface area contributed by atoms with Crippen LogP contribution in [0.3, 0.4) is 0 Å². The van der Waals surface area contributed by atoms with Gasteiger partial charge in [-0.2, -0.15) is 13.2 Å². The maximum Gasteiger partial charge on any atom is 0.416 e. The van der Waals surface area contributed by atoms with Crippen molar-refractivity contribution in [1.82, 2.24) is 5.32 Å². The number of halogens is 3. The van der Waals surface area contributed by atoms with E-state index in [1.54, 1.807) is 24.3 Å². The summed E-state index contributed by atoms with van der Waals surface area (Å²) in [6.45, 7) is 0.396. The number of nitrogens with one attached hydrogen (secondary N) is 1. The highest BCUT2D eigenvalue weighted by atomic mass is 19.4. The van der Waals surface area contributed by atoms with Crippen LogP contribution >= 0.6 is 0 Å². The van der Waals surface area contributed by atoms with Gasteiger partial charge < -0.3 is 10.1 Å². The van der Waals surface area contributed by atoms with E-state index in [4.69, 9.17) is 4.74 Å². The summed E-state index contributed by atoms with van der Waals surface area (Å²) in [5.74, 6) is -0.102. The molecule has 0 bridgehead atoms. The lowest BCUT2D eigenvalue weighted by Crippen LogP contribution is -2.27. The van der Waals surface area contributed by atoms with E-state index in [1.165, 1.54) is 24.4 Å². The summed E-state index contributed by atoms with van der Waals surface area (Å²) in [5, 5.41) is 5.28. The molecule has 1 aliphatic heterocycles. The second kappa shape index (κ2) is 8.71. The maximum atomic E-state index is 13.8. The van der Waals surface area contributed by atoms with Crippen molar-refractivity contribution in [2.24, 2.45) is 0 Å². The van der Waals surface area contributed by atoms with Crippen molar-refractivity contribution in [3.05, 3.63) is 125 Å². The second-order valence-corrected chi connectivity index (χ2v) is 8.03. The van der Waals surface area contributed by atoms with Crippen LogP contribution in [0, 0.1) is 0 Å². The van der Waals surface area contributed by atoms with Gasteiger partial charge in [0.25, 0.3) is 0 Å². The van der Waals surface area contributed by atoms with E-state index in [2.05, 4.69) is 5.32 Å². The van der Waals surface area contributed by atoms with Gasteiger partial charge in [0.05, 0.1) is 16.7 Å². The van der Waals surface area contributed by atoms with Crippen LogP contribution < -0.4 is 10.1 Å². The molecule has 1 atom stereocenters. The third kappa shape index (κ3) is 4.03. The van der Waals surface area contributed by atoms with Crippen molar-refractivity contribution in [1.29, 1.82) is 0 Å². The van der Waals surface area contributed by atoms with Crippen molar-refractivity contribution in [3.8, 4) is 5.75 Å². The third-order valence-electron chi connectivity index (χ3n) is 5.90. The Bertz CT molecular complexity index is 1400. The van der Waals surface area contributed by atoms with Crippen LogP contribution in [0.2, 0.25) is 0 Å². The molecule has 170 valence electrons. The molecule has 0 saturated carbocycles. The van der Waals surface area contributed by atoms with Crippen LogP contribution in [-0.2, 0) is 12.7 Å². The maximum absolute atomic E-state index is 13.8. The molecule has 1 aliphatic rings. The molecule has 4 aromatic carbocycles. The summed E-state index contributed by atoms with van der Waals surface area (Å²) in [6, 6.07) is 25.6. The standard InChI is InChI=1S/C28H20F3NO2/c29-28(30,31)24-14-5-3-12-21(24)27-23(26(33)22-13-4-6-15-25(22)34-27)17-32-16-19-10-7-9-18-8-1-2-11-20(18)19/h1-15,17,27,32H,16H2/b23-17+/t27-/m0/s1. The first-order valence-electron chi connectivity index (χ1n) is 10.8. The number of ether oxygens (including phenoxy) is 1. The quantitative estimate of drug-likeness (QED) is 0.339. The number of rotatable bonds is 4. The van der Waals surface area contributed by atoms with Crippen molar-refractivity contribution < 1.29 is 22.7 Å². The minimum atomic E-state index is -4.58. The SMILES string of the molecule is O=C1/C(=C\NCc2cccc3ccccc23)[C@H](c2ccccc2C(F)(F)F)Oc2ccccc21. The Hall–Kier alpha value is -4.06. The molecule has 3 nitrogen and oxygen atoms in total. The average Bonchev–Trinajstić information content (AvgIpc) is 2.85. The smallest absolute Gasteiger partial charge is 0.416 e. The summed E-state index contributed by atoms with van der Waals surface area (Å²) < 4.78 is 47.3. The predicted molar refractivity (Wildman–Crippen MR) is 124 cm³/mol. The van der Waals surface area contributed by atoms with Crippen molar-refractivity contribution in [2.45, 2.75) is 18.8 Å². The number of para-hydroxylation sites is 1. The number of carbonyl (C=O) groups is 1. The Morgan fingerprint density at radius 2 is 1.56 bits per heavy atom. The van der Waals surface area contributed by atoms with Crippen molar-refractivity contribution >= 4 is 16.6 Å². The van der Waals surface area contributed by atoms with Crippen LogP contribution in [0.15, 0.2) is 103 Å². The molecule has 4 aromatic rings. The van der Waals surface area contributed by atoms with Crippen molar-refractivity contribution in [2.75, 3.05) is 0 Å². The highest BCUT2D eigenvalue weighted by molar-refractivity contribution is 6.12. The fraction of sp³-hybridized carbons (Fsp3) is 0.107. The van der Waals surface area contributed by atoms with Gasteiger partial charge in [-0.3, -0.25) is 4.79 Å². The lowest BCUT2D eigenvalue weighted by Gasteiger charge is -2.29. The topological polar surface area (TPSA) is 38.3 Å². The van der Waals surface area contributed by atoms with E-state index in [0.29, 0.717) is 12.1 Å². The number of benzene rings is 4. The zero-order chi connectivity index (χ0) is 23.7. The first-order chi connectivity index (χ1) is 16.4. The third-order valence-corrected chi connectivity index (χ3v) is 5.90. The number of Topliss-reactive ketones (excluding diaryl/α,β-unsaturated/α-hetero) is 1. The number of alkyl halides is 3. The second-order valence-electron chi connectivity index (χ2n) is 8.03. The number of hydrogen-bond donors (Lipinski definition) is 1. The summed E-state index contributed by atoms with van der Waals surface area (Å²) in [6.07, 6.45) is -4.29. The van der Waals surface area contributed by atoms with E-state index < -0.39 is 17.8 Å². The van der Waals surface area contributed by atoms with Gasteiger partial charge in [-0.25, -0.2) is 0 Å². The van der Waals surface area contributed by atoms with Crippen molar-refractivity contribution in [3.63, 3.8) is 0 Å². The minimum absolute atomic E-state index is 0.101. The van der Waals surface area contributed by atoms with Gasteiger partial charge in [0, 0.05) is 18.3 Å². The number of fused-ring (bicyclic) bond motifs is 2. The van der Waals surface area contributed by atoms with Gasteiger partial charge >= 0.3 is 6.18 Å². The summed E-state index contributed by atoms with van der Waals surface area (Å²) >= 11 is 0. The minimum Gasteiger partial charge on any atom is -0.480 e. The van der Waals surface area contributed by atoms with E-state index in [-0.39, 0.29) is 22.7 Å². The average molecular weight is 459 g/mol. The van der Waals surface area contributed by atoms with E-state index in [1.807, 2.05) is 42.5 Å². The zero-order valence-electron chi connectivity index (χ0n) is 18.0. The van der Waals surface area contributed by atoms with Gasteiger partial charge in [0.15, 0.2) is 11.9 Å². The molecular formula is C28H20F3NO2. The van der Waals surface area contributed by atoms with Crippen LogP contribution in [0.1, 0.15) is 33.2 Å². The predicted octanol–water partition coefficient (Wildman–Crippen LogP) is 6.85. The van der Waals surface area contributed by atoms with Gasteiger partial charge in [-0.05, 0) is 34.5 Å². The summed E-state index contributed by atoms with van der Waals surface area (Å²) in [4.78, 5) is 13.3. The fourth-order valence-electron chi connectivity index (χ4n) is 4.30. The molecule has 0 aromatic heterocycles. The zero-order valence-corrected chi connectivity index (χ0v) is 18.0. The molecular weight excluding hydrogens is 439 g/mol. The molecule has 0 radical (unpaired) electrons. The lowest BCUT2D eigenvalue weighted by atomic mass is 9.89. The Labute approximate surface area is 194 Å². The summed E-state index contributed by atoms with van der Waals surface area (Å²) in [7, 11) is 0. The normalized spacial score (nSPS) is 16.9. The number of carbonyl (C=O) groups excluding carboxylic acids is 1. The summed E-state index contributed by atoms with van der Waals surface area (Å²) in [5.41, 5.74) is 0.520. The Morgan fingerprint density at radius 1 is 0.853 bits per heavy atom. The van der Waals surface area contributed by atoms with Crippen LogP contribution in [0.5, 0.6) is 5.75 Å². The molecule has 0 amide bonds. The Balaban J connectivity index is 1.54. The van der Waals surface area contributed by atoms with Crippen LogP contribution in [0.4, 0.5) is 13.2 Å². The highest BCUT2D eigenvalue weighted by Gasteiger charge is 2.40. The van der Waals surface area contributed by atoms with E-state index >= 15 is 0 Å². The molecule has 0 unspecified atom stereocenters. The number of hydrogen-bond acceptors (Lipinski definition) is 3. The first-order valence-corrected chi connectivity index (χ1v) is 10.8. The van der Waals surface area contributed by atoms with Gasteiger partial charge in [-0.1, -0.05) is 72.8 Å². The fourth-order valence-corrected chi connectivity index (χ4v) is 4.30. The largest absolute Gasteiger partial charge is 0.480 e. The molecule has 0 saturated heterocycles. The molecule has 0 aliphatic carbocycles. The molecule has 6 heteroatoms. The molecule has 0 fully saturated rings. The van der Waals surface area contributed by atoms with Crippen LogP contribution in [-0.4, -0.2) is 5.78 Å². The lowest BCUT2D eigenvalue weighted by molar-refractivity contribution is -0.138. The number of ketones is 1. The highest BCUT2D eigenvalue weighted by Crippen LogP contribution is 2.42. The molecule has 1 heterocycles. The Kier molecular flexibility index (Phi) is 5.57. The molecule has 5 rings (SSSR count). The monoisotopic (exact) mass is 459 g/mol. The van der Waals surface area contributed by atoms with Gasteiger partial charge in [0.2, 0.25) is 0 Å².